The van der Waals surface area contributed by atoms with Crippen molar-refractivity contribution in [2.45, 2.75) is 19.3 Å². The Bertz CT molecular complexity index is 1070. The topological polar surface area (TPSA) is 50.6 Å². The summed E-state index contributed by atoms with van der Waals surface area (Å²) >= 11 is 12.0. The molecule has 8 heteroatoms. The number of anilines is 1. The van der Waals surface area contributed by atoms with Crippen LogP contribution in [0, 0.1) is 0 Å². The van der Waals surface area contributed by atoms with Crippen LogP contribution < -0.4 is 4.90 Å². The predicted molar refractivity (Wildman–Crippen MR) is 121 cm³/mol. The van der Waals surface area contributed by atoms with Crippen LogP contribution in [0.3, 0.4) is 0 Å². The van der Waals surface area contributed by atoms with E-state index in [1.165, 1.54) is 0 Å². The SMILES string of the molecule is O=C(c1cc2n(n1)C[C@@H](c1ccc(Cl)cc1)OC2)N1CCN(c2ccc(Cl)cc2)CC1. The number of benzene rings is 2. The molecule has 31 heavy (non-hydrogen) atoms. The third-order valence-corrected chi connectivity index (χ3v) is 6.36. The van der Waals surface area contributed by atoms with Gasteiger partial charge in [0.05, 0.1) is 18.8 Å². The van der Waals surface area contributed by atoms with Gasteiger partial charge in [0, 0.05) is 41.9 Å². The molecule has 0 aliphatic carbocycles. The summed E-state index contributed by atoms with van der Waals surface area (Å²) in [4.78, 5) is 17.2. The standard InChI is InChI=1S/C23H22Cl2N4O2/c24-17-3-1-16(2-4-17)22-14-29-20(15-31-22)13-21(26-29)23(30)28-11-9-27(10-12-28)19-7-5-18(25)6-8-19/h1-8,13,22H,9-12,14-15H2/t22-/m0/s1. The molecule has 1 saturated heterocycles. The summed E-state index contributed by atoms with van der Waals surface area (Å²) in [7, 11) is 0. The molecule has 1 fully saturated rings. The van der Waals surface area contributed by atoms with Crippen LogP contribution in [0.25, 0.3) is 0 Å². The highest BCUT2D eigenvalue weighted by Crippen LogP contribution is 2.28. The molecule has 2 aliphatic rings. The monoisotopic (exact) mass is 456 g/mol. The average molecular weight is 457 g/mol. The van der Waals surface area contributed by atoms with Crippen LogP contribution in [0.15, 0.2) is 54.6 Å². The largest absolute Gasteiger partial charge is 0.368 e. The van der Waals surface area contributed by atoms with Gasteiger partial charge in [-0.25, -0.2) is 0 Å². The molecule has 2 aromatic carbocycles. The minimum atomic E-state index is -0.101. The smallest absolute Gasteiger partial charge is 0.274 e. The molecule has 0 unspecified atom stereocenters. The van der Waals surface area contributed by atoms with E-state index in [9.17, 15) is 4.79 Å². The first kappa shape index (κ1) is 20.4. The van der Waals surface area contributed by atoms with Crippen molar-refractivity contribution in [3.8, 4) is 0 Å². The van der Waals surface area contributed by atoms with Crippen LogP contribution in [-0.4, -0.2) is 46.8 Å². The van der Waals surface area contributed by atoms with Crippen molar-refractivity contribution in [3.05, 3.63) is 81.6 Å². The Morgan fingerprint density at radius 1 is 0.935 bits per heavy atom. The molecule has 160 valence electrons. The number of fused-ring (bicyclic) bond motifs is 1. The van der Waals surface area contributed by atoms with Crippen molar-refractivity contribution in [1.29, 1.82) is 0 Å². The van der Waals surface area contributed by atoms with E-state index < -0.39 is 0 Å². The molecule has 0 N–H and O–H groups in total. The van der Waals surface area contributed by atoms with Gasteiger partial charge in [-0.1, -0.05) is 35.3 Å². The van der Waals surface area contributed by atoms with Gasteiger partial charge in [0.25, 0.3) is 5.91 Å². The van der Waals surface area contributed by atoms with Crippen LogP contribution in [0.4, 0.5) is 5.69 Å². The maximum Gasteiger partial charge on any atom is 0.274 e. The van der Waals surface area contributed by atoms with Crippen LogP contribution in [0.5, 0.6) is 0 Å². The number of rotatable bonds is 3. The Morgan fingerprint density at radius 3 is 2.26 bits per heavy atom. The zero-order valence-electron chi connectivity index (χ0n) is 16.9. The van der Waals surface area contributed by atoms with Crippen molar-refractivity contribution in [2.24, 2.45) is 0 Å². The molecule has 2 aliphatic heterocycles. The molecule has 1 aromatic heterocycles. The van der Waals surface area contributed by atoms with Gasteiger partial charge in [-0.05, 0) is 48.0 Å². The van der Waals surface area contributed by atoms with Gasteiger partial charge >= 0.3 is 0 Å². The van der Waals surface area contributed by atoms with Crippen LogP contribution in [0.1, 0.15) is 27.8 Å². The Hall–Kier alpha value is -2.54. The first-order chi connectivity index (χ1) is 15.1. The fourth-order valence-electron chi connectivity index (χ4n) is 4.09. The van der Waals surface area contributed by atoms with Gasteiger partial charge < -0.3 is 14.5 Å². The average Bonchev–Trinajstić information content (AvgIpc) is 3.23. The van der Waals surface area contributed by atoms with E-state index in [1.54, 1.807) is 0 Å². The summed E-state index contributed by atoms with van der Waals surface area (Å²) in [5, 5.41) is 6.02. The van der Waals surface area contributed by atoms with E-state index in [0.717, 1.165) is 35.1 Å². The van der Waals surface area contributed by atoms with E-state index in [2.05, 4.69) is 10.00 Å². The van der Waals surface area contributed by atoms with E-state index in [4.69, 9.17) is 27.9 Å². The number of nitrogens with zero attached hydrogens (tertiary/aromatic N) is 4. The maximum absolute atomic E-state index is 13.1. The summed E-state index contributed by atoms with van der Waals surface area (Å²) < 4.78 is 7.88. The number of aromatic nitrogens is 2. The molecule has 0 saturated carbocycles. The third kappa shape index (κ3) is 4.28. The van der Waals surface area contributed by atoms with Gasteiger partial charge in [0.1, 0.15) is 6.10 Å². The van der Waals surface area contributed by atoms with Crippen LogP contribution in [-0.2, 0) is 17.9 Å². The molecule has 3 heterocycles. The number of piperazine rings is 1. The molecule has 5 rings (SSSR count). The maximum atomic E-state index is 13.1. The zero-order chi connectivity index (χ0) is 21.4. The second-order valence-corrected chi connectivity index (χ2v) is 8.68. The third-order valence-electron chi connectivity index (χ3n) is 5.85. The molecule has 1 atom stereocenters. The highest BCUT2D eigenvalue weighted by Gasteiger charge is 2.28. The molecular formula is C23H22Cl2N4O2. The molecule has 0 spiro atoms. The highest BCUT2D eigenvalue weighted by molar-refractivity contribution is 6.30. The van der Waals surface area contributed by atoms with Gasteiger partial charge in [-0.15, -0.1) is 0 Å². The van der Waals surface area contributed by atoms with E-state index in [1.807, 2.05) is 64.2 Å². The van der Waals surface area contributed by atoms with Gasteiger partial charge in [-0.2, -0.15) is 5.10 Å². The minimum absolute atomic E-state index is 0.0271. The molecule has 3 aromatic rings. The van der Waals surface area contributed by atoms with E-state index in [-0.39, 0.29) is 12.0 Å². The molecular weight excluding hydrogens is 435 g/mol. The zero-order valence-corrected chi connectivity index (χ0v) is 18.4. The first-order valence-corrected chi connectivity index (χ1v) is 11.1. The van der Waals surface area contributed by atoms with Crippen molar-refractivity contribution in [2.75, 3.05) is 31.1 Å². The minimum Gasteiger partial charge on any atom is -0.368 e. The fraction of sp³-hybridized carbons (Fsp3) is 0.304. The van der Waals surface area contributed by atoms with Gasteiger partial charge in [0.2, 0.25) is 0 Å². The lowest BCUT2D eigenvalue weighted by Gasteiger charge is -2.35. The Balaban J connectivity index is 1.23. The first-order valence-electron chi connectivity index (χ1n) is 10.3. The lowest BCUT2D eigenvalue weighted by Crippen LogP contribution is -2.48. The fourth-order valence-corrected chi connectivity index (χ4v) is 4.34. The normalized spacial score (nSPS) is 18.7. The second kappa shape index (κ2) is 8.54. The van der Waals surface area contributed by atoms with Crippen LogP contribution in [0.2, 0.25) is 10.0 Å². The van der Waals surface area contributed by atoms with E-state index >= 15 is 0 Å². The van der Waals surface area contributed by atoms with Crippen molar-refractivity contribution in [1.82, 2.24) is 14.7 Å². The van der Waals surface area contributed by atoms with Crippen molar-refractivity contribution in [3.63, 3.8) is 0 Å². The second-order valence-electron chi connectivity index (χ2n) is 7.81. The molecule has 1 amide bonds. The molecule has 0 radical (unpaired) electrons. The van der Waals surface area contributed by atoms with Gasteiger partial charge in [-0.3, -0.25) is 9.48 Å². The lowest BCUT2D eigenvalue weighted by atomic mass is 10.1. The van der Waals surface area contributed by atoms with Crippen molar-refractivity contribution >= 4 is 34.8 Å². The lowest BCUT2D eigenvalue weighted by molar-refractivity contribution is -0.00121. The summed E-state index contributed by atoms with van der Waals surface area (Å²) in [6.45, 7) is 3.89. The number of ether oxygens (including phenoxy) is 1. The van der Waals surface area contributed by atoms with Crippen LogP contribution >= 0.6 is 23.2 Å². The molecule has 6 nitrogen and oxygen atoms in total. The summed E-state index contributed by atoms with van der Waals surface area (Å²) in [5.74, 6) is -0.0271. The highest BCUT2D eigenvalue weighted by atomic mass is 35.5. The van der Waals surface area contributed by atoms with E-state index in [0.29, 0.717) is 37.0 Å². The van der Waals surface area contributed by atoms with Gasteiger partial charge in [0.15, 0.2) is 5.69 Å². The predicted octanol–water partition coefficient (Wildman–Crippen LogP) is 4.42. The quantitative estimate of drug-likeness (QED) is 0.584. The van der Waals surface area contributed by atoms with Crippen molar-refractivity contribution < 1.29 is 9.53 Å². The molecule has 0 bridgehead atoms. The number of carbonyl (C=O) groups excluding carboxylic acids is 1. The summed E-state index contributed by atoms with van der Waals surface area (Å²) in [6.07, 6.45) is -0.101. The number of carbonyl (C=O) groups is 1. The number of halogens is 2. The summed E-state index contributed by atoms with van der Waals surface area (Å²) in [5.41, 5.74) is 3.58. The Morgan fingerprint density at radius 2 is 1.58 bits per heavy atom. The summed E-state index contributed by atoms with van der Waals surface area (Å²) in [6, 6.07) is 17.3. The number of amides is 1. The Labute approximate surface area is 190 Å². The Kier molecular flexibility index (Phi) is 5.61. The number of hydrogen-bond acceptors (Lipinski definition) is 4. The number of hydrogen-bond donors (Lipinski definition) is 0.